The quantitative estimate of drug-likeness (QED) is 0.123. The summed E-state index contributed by atoms with van der Waals surface area (Å²) in [6.07, 6.45) is 1.85. The van der Waals surface area contributed by atoms with Crippen molar-refractivity contribution < 1.29 is 22.7 Å². The fraction of sp³-hybridized carbons (Fsp3) is 0.290. The molecule has 0 saturated heterocycles. The van der Waals surface area contributed by atoms with Crippen molar-refractivity contribution in [3.63, 3.8) is 0 Å². The second-order valence-corrected chi connectivity index (χ2v) is 10.1. The normalized spacial score (nSPS) is 11.4. The highest BCUT2D eigenvalue weighted by molar-refractivity contribution is 7.80. The molecule has 0 bridgehead atoms. The van der Waals surface area contributed by atoms with Crippen LogP contribution in [0.2, 0.25) is 0 Å². The predicted molar refractivity (Wildman–Crippen MR) is 153 cm³/mol. The van der Waals surface area contributed by atoms with Crippen molar-refractivity contribution in [2.75, 3.05) is 0 Å². The van der Waals surface area contributed by atoms with E-state index in [2.05, 4.69) is 33.9 Å². The van der Waals surface area contributed by atoms with E-state index in [1.165, 1.54) is 46.4 Å². The molecule has 0 amide bonds. The number of carbonyl (C=O) groups excluding carboxylic acids is 1. The summed E-state index contributed by atoms with van der Waals surface area (Å²) in [5.41, 5.74) is 5.03. The average molecular weight is 566 g/mol. The highest BCUT2D eigenvalue weighted by atomic mass is 32.1. The Hall–Kier alpha value is -3.85. The van der Waals surface area contributed by atoms with Gasteiger partial charge in [0.25, 0.3) is 0 Å². The van der Waals surface area contributed by atoms with E-state index in [1.807, 2.05) is 36.4 Å². The lowest BCUT2D eigenvalue weighted by molar-refractivity contribution is -0.274. The molecule has 4 rings (SSSR count). The lowest BCUT2D eigenvalue weighted by atomic mass is 9.98. The molecular formula is C31H30F3N3O2S. The SMILES string of the molecule is CCc1ccccc1CC(=S)CC(=O)CCCCc1ccc(-c2ncn(-c3ccc(OC(F)(F)F)cc3)n2)cc1. The van der Waals surface area contributed by atoms with Gasteiger partial charge in [-0.3, -0.25) is 4.79 Å². The first-order chi connectivity index (χ1) is 19.2. The topological polar surface area (TPSA) is 57.0 Å². The Kier molecular flexibility index (Phi) is 9.82. The molecule has 0 fully saturated rings. The molecule has 0 radical (unpaired) electrons. The third kappa shape index (κ3) is 8.58. The van der Waals surface area contributed by atoms with E-state index in [1.54, 1.807) is 0 Å². The highest BCUT2D eigenvalue weighted by Crippen LogP contribution is 2.24. The zero-order valence-electron chi connectivity index (χ0n) is 22.2. The first-order valence-electron chi connectivity index (χ1n) is 13.2. The number of halogens is 3. The minimum absolute atomic E-state index is 0.193. The molecule has 0 aliphatic rings. The Bertz CT molecular complexity index is 1430. The molecule has 0 spiro atoms. The Morgan fingerprint density at radius 3 is 2.33 bits per heavy atom. The first kappa shape index (κ1) is 29.1. The number of rotatable bonds is 13. The van der Waals surface area contributed by atoms with E-state index in [9.17, 15) is 18.0 Å². The van der Waals surface area contributed by atoms with Crippen molar-refractivity contribution in [3.8, 4) is 22.8 Å². The molecule has 0 aliphatic heterocycles. The third-order valence-corrected chi connectivity index (χ3v) is 6.78. The van der Waals surface area contributed by atoms with Crippen molar-refractivity contribution in [1.29, 1.82) is 0 Å². The van der Waals surface area contributed by atoms with Crippen molar-refractivity contribution in [2.45, 2.75) is 58.2 Å². The van der Waals surface area contributed by atoms with Gasteiger partial charge in [0, 0.05) is 29.7 Å². The summed E-state index contributed by atoms with van der Waals surface area (Å²) in [6, 6.07) is 21.6. The summed E-state index contributed by atoms with van der Waals surface area (Å²) < 4.78 is 42.5. The number of alkyl halides is 3. The van der Waals surface area contributed by atoms with E-state index in [4.69, 9.17) is 12.2 Å². The zero-order valence-corrected chi connectivity index (χ0v) is 23.0. The van der Waals surface area contributed by atoms with Gasteiger partial charge in [0.15, 0.2) is 5.82 Å². The maximum absolute atomic E-state index is 12.4. The van der Waals surface area contributed by atoms with Crippen LogP contribution in [0.4, 0.5) is 13.2 Å². The molecule has 0 saturated carbocycles. The number of aryl methyl sites for hydroxylation is 2. The van der Waals surface area contributed by atoms with Crippen LogP contribution in [0.25, 0.3) is 17.1 Å². The summed E-state index contributed by atoms with van der Waals surface area (Å²) in [7, 11) is 0. The molecular weight excluding hydrogens is 535 g/mol. The zero-order chi connectivity index (χ0) is 28.5. The van der Waals surface area contributed by atoms with Crippen LogP contribution in [0.1, 0.15) is 49.3 Å². The number of unbranched alkanes of at least 4 members (excludes halogenated alkanes) is 1. The number of hydrogen-bond donors (Lipinski definition) is 0. The third-order valence-electron chi connectivity index (χ3n) is 6.49. The number of Topliss-reactive ketones (excluding diaryl/α,β-unsaturated/α-hetero) is 1. The van der Waals surface area contributed by atoms with Crippen LogP contribution >= 0.6 is 12.2 Å². The first-order valence-corrected chi connectivity index (χ1v) is 13.6. The molecule has 3 aromatic carbocycles. The number of ether oxygens (including phenoxy) is 1. The predicted octanol–water partition coefficient (Wildman–Crippen LogP) is 7.68. The van der Waals surface area contributed by atoms with Gasteiger partial charge in [-0.15, -0.1) is 18.3 Å². The summed E-state index contributed by atoms with van der Waals surface area (Å²) in [6.45, 7) is 2.12. The molecule has 208 valence electrons. The average Bonchev–Trinajstić information content (AvgIpc) is 3.42. The molecule has 0 N–H and O–H groups in total. The second kappa shape index (κ2) is 13.5. The molecule has 0 atom stereocenters. The summed E-state index contributed by atoms with van der Waals surface area (Å²) >= 11 is 5.50. The molecule has 1 heterocycles. The number of hydrogen-bond acceptors (Lipinski definition) is 5. The summed E-state index contributed by atoms with van der Waals surface area (Å²) in [4.78, 5) is 17.6. The van der Waals surface area contributed by atoms with Gasteiger partial charge in [-0.05, 0) is 66.6 Å². The number of ketones is 1. The van der Waals surface area contributed by atoms with Crippen molar-refractivity contribution >= 4 is 22.9 Å². The van der Waals surface area contributed by atoms with Gasteiger partial charge in [-0.1, -0.05) is 67.7 Å². The standard InChI is InChI=1S/C31H30F3N3O2S/c1-2-23-8-4-5-9-25(23)19-29(40)20-27(38)10-6-3-7-22-11-13-24(14-12-22)30-35-21-37(36-30)26-15-17-28(18-16-26)39-31(32,33)34/h4-5,8-9,11-18,21H,2-3,6-7,10,19-20H2,1H3. The molecule has 0 aliphatic carbocycles. The van der Waals surface area contributed by atoms with Crippen LogP contribution in [-0.2, 0) is 24.1 Å². The summed E-state index contributed by atoms with van der Waals surface area (Å²) in [5, 5.41) is 4.43. The number of nitrogens with zero attached hydrogens (tertiary/aromatic N) is 3. The Morgan fingerprint density at radius 1 is 0.950 bits per heavy atom. The van der Waals surface area contributed by atoms with Crippen molar-refractivity contribution in [1.82, 2.24) is 14.8 Å². The lowest BCUT2D eigenvalue weighted by Gasteiger charge is -2.09. The Labute approximate surface area is 237 Å². The minimum Gasteiger partial charge on any atom is -0.406 e. The second-order valence-electron chi connectivity index (χ2n) is 9.51. The molecule has 40 heavy (non-hydrogen) atoms. The molecule has 0 unspecified atom stereocenters. The van der Waals surface area contributed by atoms with Crippen LogP contribution in [0.15, 0.2) is 79.1 Å². The van der Waals surface area contributed by atoms with Crippen LogP contribution in [-0.4, -0.2) is 31.8 Å². The largest absolute Gasteiger partial charge is 0.573 e. The Morgan fingerprint density at radius 2 is 1.65 bits per heavy atom. The minimum atomic E-state index is -4.73. The van der Waals surface area contributed by atoms with Crippen molar-refractivity contribution in [3.05, 3.63) is 95.8 Å². The smallest absolute Gasteiger partial charge is 0.406 e. The van der Waals surface area contributed by atoms with E-state index < -0.39 is 6.36 Å². The van der Waals surface area contributed by atoms with E-state index in [-0.39, 0.29) is 11.5 Å². The fourth-order valence-corrected chi connectivity index (χ4v) is 4.77. The van der Waals surface area contributed by atoms with Gasteiger partial charge in [0.2, 0.25) is 0 Å². The molecule has 5 nitrogen and oxygen atoms in total. The van der Waals surface area contributed by atoms with Gasteiger partial charge in [-0.25, -0.2) is 9.67 Å². The summed E-state index contributed by atoms with van der Waals surface area (Å²) in [5.74, 6) is 0.400. The number of thiocarbonyl (C=S) groups is 1. The van der Waals surface area contributed by atoms with Crippen LogP contribution in [0.5, 0.6) is 5.75 Å². The van der Waals surface area contributed by atoms with E-state index in [0.29, 0.717) is 30.8 Å². The maximum Gasteiger partial charge on any atom is 0.573 e. The van der Waals surface area contributed by atoms with Gasteiger partial charge in [0.1, 0.15) is 17.9 Å². The van der Waals surface area contributed by atoms with Crippen molar-refractivity contribution in [2.24, 2.45) is 0 Å². The Balaban J connectivity index is 1.21. The van der Waals surface area contributed by atoms with Gasteiger partial charge in [0.05, 0.1) is 5.69 Å². The van der Waals surface area contributed by atoms with Crippen LogP contribution < -0.4 is 4.74 Å². The van der Waals surface area contributed by atoms with Gasteiger partial charge < -0.3 is 4.74 Å². The molecule has 4 aromatic rings. The monoisotopic (exact) mass is 565 g/mol. The number of carbonyl (C=O) groups is 1. The van der Waals surface area contributed by atoms with E-state index >= 15 is 0 Å². The van der Waals surface area contributed by atoms with E-state index in [0.717, 1.165) is 41.7 Å². The number of benzene rings is 3. The molecule has 9 heteroatoms. The van der Waals surface area contributed by atoms with Crippen LogP contribution in [0.3, 0.4) is 0 Å². The highest BCUT2D eigenvalue weighted by Gasteiger charge is 2.31. The fourth-order valence-electron chi connectivity index (χ4n) is 4.45. The maximum atomic E-state index is 12.4. The van der Waals surface area contributed by atoms with Crippen LogP contribution in [0, 0.1) is 0 Å². The van der Waals surface area contributed by atoms with Gasteiger partial charge >= 0.3 is 6.36 Å². The lowest BCUT2D eigenvalue weighted by Crippen LogP contribution is -2.17. The van der Waals surface area contributed by atoms with Gasteiger partial charge in [-0.2, -0.15) is 0 Å². The number of aromatic nitrogens is 3. The molecule has 1 aromatic heterocycles.